The predicted molar refractivity (Wildman–Crippen MR) is 90.5 cm³/mol. The second-order valence-corrected chi connectivity index (χ2v) is 7.82. The largest absolute Gasteiger partial charge is 0.279 e. The summed E-state index contributed by atoms with van der Waals surface area (Å²) in [7, 11) is -8.01. The monoisotopic (exact) mass is 363 g/mol. The second kappa shape index (κ2) is 6.84. The molecule has 7 nitrogen and oxygen atoms in total. The highest BCUT2D eigenvalue weighted by atomic mass is 32.2. The fraction of sp³-hybridized carbons (Fsp3) is 0. The number of benzene rings is 2. The molecule has 0 aliphatic rings. The van der Waals surface area contributed by atoms with Crippen molar-refractivity contribution in [2.24, 2.45) is 5.14 Å². The fourth-order valence-electron chi connectivity index (χ4n) is 1.82. The standard InChI is InChI=1S/C15H13N3O4S2/c16-11-13-7-5-12(6-8-13)9-10-23(19,20)18-14-3-1-2-4-15(14)24(17,21)22/h1-10,18H,(H2,17,21,22). The topological polar surface area (TPSA) is 130 Å². The molecule has 0 aliphatic carbocycles. The molecule has 0 saturated heterocycles. The summed E-state index contributed by atoms with van der Waals surface area (Å²) in [4.78, 5) is -0.319. The van der Waals surface area contributed by atoms with Gasteiger partial charge in [-0.25, -0.2) is 22.0 Å². The maximum atomic E-state index is 12.1. The minimum absolute atomic E-state index is 0.135. The van der Waals surface area contributed by atoms with Gasteiger partial charge in [-0.3, -0.25) is 4.72 Å². The van der Waals surface area contributed by atoms with Crippen molar-refractivity contribution in [1.29, 1.82) is 5.26 Å². The number of para-hydroxylation sites is 1. The molecule has 0 heterocycles. The minimum atomic E-state index is -4.06. The van der Waals surface area contributed by atoms with E-state index in [4.69, 9.17) is 10.4 Å². The van der Waals surface area contributed by atoms with Crippen LogP contribution >= 0.6 is 0 Å². The molecule has 0 bridgehead atoms. The molecule has 0 aromatic heterocycles. The van der Waals surface area contributed by atoms with Crippen LogP contribution in [-0.2, 0) is 20.0 Å². The molecule has 3 N–H and O–H groups in total. The van der Waals surface area contributed by atoms with Crippen LogP contribution < -0.4 is 9.86 Å². The van der Waals surface area contributed by atoms with Crippen molar-refractivity contribution in [3.05, 3.63) is 65.1 Å². The van der Waals surface area contributed by atoms with Crippen molar-refractivity contribution < 1.29 is 16.8 Å². The molecule has 124 valence electrons. The third kappa shape index (κ3) is 4.66. The summed E-state index contributed by atoms with van der Waals surface area (Å²) in [5, 5.41) is 14.7. The van der Waals surface area contributed by atoms with Gasteiger partial charge >= 0.3 is 0 Å². The Morgan fingerprint density at radius 2 is 1.62 bits per heavy atom. The summed E-state index contributed by atoms with van der Waals surface area (Å²) in [5.41, 5.74) is 0.888. The first-order chi connectivity index (χ1) is 11.2. The Morgan fingerprint density at radius 1 is 1.00 bits per heavy atom. The number of nitrogens with one attached hydrogen (secondary N) is 1. The molecule has 2 aromatic rings. The van der Waals surface area contributed by atoms with E-state index in [0.717, 1.165) is 5.41 Å². The third-order valence-corrected chi connectivity index (χ3v) is 4.89. The lowest BCUT2D eigenvalue weighted by Crippen LogP contribution is -2.17. The lowest BCUT2D eigenvalue weighted by atomic mass is 10.1. The van der Waals surface area contributed by atoms with E-state index in [-0.39, 0.29) is 10.6 Å². The zero-order valence-corrected chi connectivity index (χ0v) is 13.9. The van der Waals surface area contributed by atoms with E-state index in [9.17, 15) is 16.8 Å². The lowest BCUT2D eigenvalue weighted by molar-refractivity contribution is 0.598. The zero-order chi connectivity index (χ0) is 17.8. The molecule has 0 amide bonds. The first kappa shape index (κ1) is 17.7. The quantitative estimate of drug-likeness (QED) is 0.833. The Labute approximate surface area is 140 Å². The van der Waals surface area contributed by atoms with E-state index in [1.165, 1.54) is 30.3 Å². The van der Waals surface area contributed by atoms with Gasteiger partial charge < -0.3 is 0 Å². The molecule has 2 rings (SSSR count). The normalized spacial score (nSPS) is 12.0. The van der Waals surface area contributed by atoms with E-state index in [1.54, 1.807) is 24.3 Å². The molecule has 2 aromatic carbocycles. The van der Waals surface area contributed by atoms with Crippen LogP contribution in [0.2, 0.25) is 0 Å². The SMILES string of the molecule is N#Cc1ccc(C=CS(=O)(=O)Nc2ccccc2S(N)(=O)=O)cc1. The maximum Gasteiger partial charge on any atom is 0.255 e. The van der Waals surface area contributed by atoms with E-state index >= 15 is 0 Å². The van der Waals surface area contributed by atoms with Crippen molar-refractivity contribution in [3.63, 3.8) is 0 Å². The Kier molecular flexibility index (Phi) is 5.04. The number of nitrogens with two attached hydrogens (primary N) is 1. The van der Waals surface area contributed by atoms with Gasteiger partial charge in [-0.1, -0.05) is 24.3 Å². The molecule has 0 saturated carbocycles. The van der Waals surface area contributed by atoms with Crippen LogP contribution in [0.4, 0.5) is 5.69 Å². The number of rotatable bonds is 5. The summed E-state index contributed by atoms with van der Waals surface area (Å²) in [5.74, 6) is 0. The number of hydrogen-bond donors (Lipinski definition) is 2. The van der Waals surface area contributed by atoms with E-state index < -0.39 is 20.0 Å². The van der Waals surface area contributed by atoms with Gasteiger partial charge in [-0.05, 0) is 35.9 Å². The van der Waals surface area contributed by atoms with Crippen molar-refractivity contribution in [2.45, 2.75) is 4.90 Å². The summed E-state index contributed by atoms with van der Waals surface area (Å²) >= 11 is 0. The summed E-state index contributed by atoms with van der Waals surface area (Å²) in [6.07, 6.45) is 1.32. The number of primary sulfonamides is 1. The lowest BCUT2D eigenvalue weighted by Gasteiger charge is -2.08. The maximum absolute atomic E-state index is 12.1. The molecule has 9 heteroatoms. The van der Waals surface area contributed by atoms with Gasteiger partial charge in [0.05, 0.1) is 22.7 Å². The van der Waals surface area contributed by atoms with Crippen LogP contribution in [0.1, 0.15) is 11.1 Å². The third-order valence-electron chi connectivity index (χ3n) is 2.93. The van der Waals surface area contributed by atoms with Gasteiger partial charge in [0.1, 0.15) is 4.90 Å². The average molecular weight is 363 g/mol. The zero-order valence-electron chi connectivity index (χ0n) is 12.2. The van der Waals surface area contributed by atoms with Gasteiger partial charge in [-0.2, -0.15) is 5.26 Å². The summed E-state index contributed by atoms with van der Waals surface area (Å²) in [6, 6.07) is 13.7. The smallest absolute Gasteiger partial charge is 0.255 e. The molecule has 0 aliphatic heterocycles. The Hall–Kier alpha value is -2.67. The number of nitrogens with zero attached hydrogens (tertiary/aromatic N) is 1. The molecule has 0 spiro atoms. The second-order valence-electron chi connectivity index (χ2n) is 4.72. The molecule has 0 radical (unpaired) electrons. The predicted octanol–water partition coefficient (Wildman–Crippen LogP) is 1.62. The molecule has 24 heavy (non-hydrogen) atoms. The Balaban J connectivity index is 2.26. The summed E-state index contributed by atoms with van der Waals surface area (Å²) in [6.45, 7) is 0. The molecule has 0 fully saturated rings. The number of nitriles is 1. The van der Waals surface area contributed by atoms with Crippen LogP contribution in [-0.4, -0.2) is 16.8 Å². The number of hydrogen-bond acceptors (Lipinski definition) is 5. The average Bonchev–Trinajstić information content (AvgIpc) is 2.52. The Morgan fingerprint density at radius 3 is 2.21 bits per heavy atom. The highest BCUT2D eigenvalue weighted by molar-refractivity contribution is 7.95. The van der Waals surface area contributed by atoms with E-state index in [2.05, 4.69) is 4.72 Å². The molecular weight excluding hydrogens is 350 g/mol. The Bertz CT molecular complexity index is 1020. The van der Waals surface area contributed by atoms with Crippen LogP contribution in [0.3, 0.4) is 0 Å². The summed E-state index contributed by atoms with van der Waals surface area (Å²) < 4.78 is 49.3. The van der Waals surface area contributed by atoms with Gasteiger partial charge in [0.25, 0.3) is 10.0 Å². The van der Waals surface area contributed by atoms with Gasteiger partial charge in [-0.15, -0.1) is 0 Å². The fourth-order valence-corrected chi connectivity index (χ4v) is 3.47. The first-order valence-electron chi connectivity index (χ1n) is 6.54. The van der Waals surface area contributed by atoms with E-state index in [0.29, 0.717) is 11.1 Å². The first-order valence-corrected chi connectivity index (χ1v) is 9.63. The van der Waals surface area contributed by atoms with Gasteiger partial charge in [0, 0.05) is 0 Å². The van der Waals surface area contributed by atoms with Crippen LogP contribution in [0, 0.1) is 11.3 Å². The van der Waals surface area contributed by atoms with Gasteiger partial charge in [0.2, 0.25) is 10.0 Å². The molecular formula is C15H13N3O4S2. The van der Waals surface area contributed by atoms with Crippen LogP contribution in [0.25, 0.3) is 6.08 Å². The van der Waals surface area contributed by atoms with Gasteiger partial charge in [0.15, 0.2) is 0 Å². The van der Waals surface area contributed by atoms with Crippen molar-refractivity contribution in [3.8, 4) is 6.07 Å². The van der Waals surface area contributed by atoms with Crippen LogP contribution in [0.15, 0.2) is 58.8 Å². The van der Waals surface area contributed by atoms with Crippen molar-refractivity contribution in [2.75, 3.05) is 4.72 Å². The molecule has 0 atom stereocenters. The van der Waals surface area contributed by atoms with Crippen molar-refractivity contribution in [1.82, 2.24) is 0 Å². The number of sulfonamides is 2. The van der Waals surface area contributed by atoms with Crippen LogP contribution in [0.5, 0.6) is 0 Å². The highest BCUT2D eigenvalue weighted by Crippen LogP contribution is 2.21. The minimum Gasteiger partial charge on any atom is -0.279 e. The van der Waals surface area contributed by atoms with Crippen molar-refractivity contribution >= 4 is 31.8 Å². The molecule has 0 unspecified atom stereocenters. The van der Waals surface area contributed by atoms with E-state index in [1.807, 2.05) is 6.07 Å². The highest BCUT2D eigenvalue weighted by Gasteiger charge is 2.16. The number of anilines is 1.